The van der Waals surface area contributed by atoms with E-state index in [2.05, 4.69) is 58.2 Å². The molecule has 1 aromatic carbocycles. The summed E-state index contributed by atoms with van der Waals surface area (Å²) >= 11 is 5.66. The van der Waals surface area contributed by atoms with Crippen molar-refractivity contribution in [1.29, 1.82) is 0 Å². The van der Waals surface area contributed by atoms with Gasteiger partial charge in [0.15, 0.2) is 5.11 Å². The molecule has 0 amide bonds. The third kappa shape index (κ3) is 6.02. The predicted molar refractivity (Wildman–Crippen MR) is 110 cm³/mol. The minimum absolute atomic E-state index is 0.356. The van der Waals surface area contributed by atoms with Gasteiger partial charge in [0.1, 0.15) is 0 Å². The third-order valence-corrected chi connectivity index (χ3v) is 4.55. The van der Waals surface area contributed by atoms with Gasteiger partial charge in [-0.25, -0.2) is 0 Å². The van der Waals surface area contributed by atoms with E-state index in [0.29, 0.717) is 12.6 Å². The van der Waals surface area contributed by atoms with E-state index in [0.717, 1.165) is 23.8 Å². The summed E-state index contributed by atoms with van der Waals surface area (Å²) in [6.07, 6.45) is 2.86. The molecule has 0 unspecified atom stereocenters. The highest BCUT2D eigenvalue weighted by atomic mass is 32.1. The van der Waals surface area contributed by atoms with Gasteiger partial charge in [0.2, 0.25) is 0 Å². The Balaban J connectivity index is 2.13. The highest BCUT2D eigenvalue weighted by Gasteiger charge is 2.13. The molecule has 0 bridgehead atoms. The molecule has 5 heteroatoms. The number of thiocarbonyl (C=S) groups is 1. The summed E-state index contributed by atoms with van der Waals surface area (Å²) in [6, 6.07) is 14.9. The van der Waals surface area contributed by atoms with Crippen molar-refractivity contribution >= 4 is 23.0 Å². The minimum atomic E-state index is 0.356. The molecule has 0 saturated carbocycles. The third-order valence-electron chi connectivity index (χ3n) is 4.17. The SMILES string of the molecule is CC[C@@H](C)NC(=S)N(Cc1ccc(N(C)C)cc1)Cc1ccccn1. The molecule has 1 aromatic heterocycles. The molecule has 0 radical (unpaired) electrons. The van der Waals surface area contributed by atoms with Crippen LogP contribution in [0.5, 0.6) is 0 Å². The van der Waals surface area contributed by atoms with Gasteiger partial charge in [-0.05, 0) is 55.4 Å². The molecular formula is C20H28N4S. The van der Waals surface area contributed by atoms with Crippen LogP contribution in [-0.4, -0.2) is 35.1 Å². The van der Waals surface area contributed by atoms with Crippen molar-refractivity contribution in [3.05, 3.63) is 59.9 Å². The summed E-state index contributed by atoms with van der Waals surface area (Å²) in [4.78, 5) is 8.72. The van der Waals surface area contributed by atoms with E-state index in [9.17, 15) is 0 Å². The van der Waals surface area contributed by atoms with Gasteiger partial charge in [-0.1, -0.05) is 25.1 Å². The summed E-state index contributed by atoms with van der Waals surface area (Å²) in [7, 11) is 4.10. The number of aromatic nitrogens is 1. The summed E-state index contributed by atoms with van der Waals surface area (Å²) < 4.78 is 0. The van der Waals surface area contributed by atoms with Crippen molar-refractivity contribution in [3.63, 3.8) is 0 Å². The molecule has 1 atom stereocenters. The molecule has 2 aromatic rings. The first kappa shape index (κ1) is 19.2. The Labute approximate surface area is 156 Å². The number of hydrogen-bond donors (Lipinski definition) is 1. The van der Waals surface area contributed by atoms with Crippen LogP contribution >= 0.6 is 12.2 Å². The first-order valence-electron chi connectivity index (χ1n) is 8.71. The molecular weight excluding hydrogens is 328 g/mol. The van der Waals surface area contributed by atoms with Crippen molar-refractivity contribution in [1.82, 2.24) is 15.2 Å². The van der Waals surface area contributed by atoms with E-state index < -0.39 is 0 Å². The van der Waals surface area contributed by atoms with Crippen molar-refractivity contribution in [3.8, 4) is 0 Å². The lowest BCUT2D eigenvalue weighted by molar-refractivity contribution is 0.387. The summed E-state index contributed by atoms with van der Waals surface area (Å²) in [5.41, 5.74) is 3.44. The van der Waals surface area contributed by atoms with Crippen LogP contribution < -0.4 is 10.2 Å². The van der Waals surface area contributed by atoms with Gasteiger partial charge in [0.05, 0.1) is 12.2 Å². The number of rotatable bonds is 7. The topological polar surface area (TPSA) is 31.4 Å². The van der Waals surface area contributed by atoms with E-state index in [1.54, 1.807) is 0 Å². The van der Waals surface area contributed by atoms with Gasteiger partial charge in [0.25, 0.3) is 0 Å². The van der Waals surface area contributed by atoms with Gasteiger partial charge in [-0.3, -0.25) is 4.98 Å². The van der Waals surface area contributed by atoms with Crippen LogP contribution in [0.2, 0.25) is 0 Å². The number of nitrogens with zero attached hydrogens (tertiary/aromatic N) is 3. The molecule has 0 aliphatic rings. The fourth-order valence-corrected chi connectivity index (χ4v) is 2.74. The molecule has 134 valence electrons. The first-order valence-corrected chi connectivity index (χ1v) is 9.12. The number of nitrogens with one attached hydrogen (secondary N) is 1. The van der Waals surface area contributed by atoms with E-state index in [1.165, 1.54) is 11.3 Å². The van der Waals surface area contributed by atoms with E-state index in [4.69, 9.17) is 12.2 Å². The van der Waals surface area contributed by atoms with Gasteiger partial charge in [-0.15, -0.1) is 0 Å². The van der Waals surface area contributed by atoms with Crippen molar-refractivity contribution in [2.24, 2.45) is 0 Å². The Morgan fingerprint density at radius 1 is 1.12 bits per heavy atom. The van der Waals surface area contributed by atoms with Gasteiger partial charge < -0.3 is 15.1 Å². The Bertz CT molecular complexity index is 655. The second-order valence-electron chi connectivity index (χ2n) is 6.50. The van der Waals surface area contributed by atoms with E-state index >= 15 is 0 Å². The second kappa shape index (κ2) is 9.37. The largest absolute Gasteiger partial charge is 0.378 e. The predicted octanol–water partition coefficient (Wildman–Crippen LogP) is 3.82. The van der Waals surface area contributed by atoms with Crippen LogP contribution in [0.4, 0.5) is 5.69 Å². The van der Waals surface area contributed by atoms with Crippen LogP contribution in [0.15, 0.2) is 48.7 Å². The number of anilines is 1. The molecule has 0 spiro atoms. The standard InChI is InChI=1S/C20H28N4S/c1-5-16(2)22-20(25)24(15-18-8-6-7-13-21-18)14-17-9-11-19(12-10-17)23(3)4/h6-13,16H,5,14-15H2,1-4H3,(H,22,25)/t16-/m1/s1. The maximum absolute atomic E-state index is 5.66. The minimum Gasteiger partial charge on any atom is -0.378 e. The molecule has 25 heavy (non-hydrogen) atoms. The zero-order valence-electron chi connectivity index (χ0n) is 15.6. The maximum atomic E-state index is 5.66. The lowest BCUT2D eigenvalue weighted by Crippen LogP contribution is -2.42. The fourth-order valence-electron chi connectivity index (χ4n) is 2.41. The summed E-state index contributed by atoms with van der Waals surface area (Å²) in [6.45, 7) is 5.76. The quantitative estimate of drug-likeness (QED) is 0.762. The van der Waals surface area contributed by atoms with E-state index in [1.807, 2.05) is 38.5 Å². The second-order valence-corrected chi connectivity index (χ2v) is 6.88. The lowest BCUT2D eigenvalue weighted by Gasteiger charge is -2.28. The smallest absolute Gasteiger partial charge is 0.169 e. The lowest BCUT2D eigenvalue weighted by atomic mass is 10.2. The normalized spacial score (nSPS) is 11.7. The maximum Gasteiger partial charge on any atom is 0.169 e. The van der Waals surface area contributed by atoms with Crippen LogP contribution in [0.25, 0.3) is 0 Å². The summed E-state index contributed by atoms with van der Waals surface area (Å²) in [5.74, 6) is 0. The Hall–Kier alpha value is -2.14. The van der Waals surface area contributed by atoms with Crippen molar-refractivity contribution < 1.29 is 0 Å². The molecule has 1 N–H and O–H groups in total. The number of pyridine rings is 1. The van der Waals surface area contributed by atoms with Crippen molar-refractivity contribution in [2.45, 2.75) is 39.4 Å². The molecule has 1 heterocycles. The number of benzene rings is 1. The van der Waals surface area contributed by atoms with Crippen LogP contribution in [0.3, 0.4) is 0 Å². The van der Waals surface area contributed by atoms with Gasteiger partial charge >= 0.3 is 0 Å². The van der Waals surface area contributed by atoms with Crippen LogP contribution in [0.1, 0.15) is 31.5 Å². The molecule has 2 rings (SSSR count). The highest BCUT2D eigenvalue weighted by Crippen LogP contribution is 2.15. The average molecular weight is 357 g/mol. The Kier molecular flexibility index (Phi) is 7.19. The zero-order valence-corrected chi connectivity index (χ0v) is 16.4. The molecule has 0 fully saturated rings. The molecule has 0 saturated heterocycles. The first-order chi connectivity index (χ1) is 12.0. The Morgan fingerprint density at radius 2 is 1.84 bits per heavy atom. The summed E-state index contributed by atoms with van der Waals surface area (Å²) in [5, 5.41) is 4.20. The molecule has 0 aliphatic heterocycles. The van der Waals surface area contributed by atoms with E-state index in [-0.39, 0.29) is 0 Å². The van der Waals surface area contributed by atoms with Gasteiger partial charge in [0, 0.05) is 38.6 Å². The fraction of sp³-hybridized carbons (Fsp3) is 0.400. The molecule has 4 nitrogen and oxygen atoms in total. The Morgan fingerprint density at radius 3 is 2.40 bits per heavy atom. The molecule has 0 aliphatic carbocycles. The average Bonchev–Trinajstić information content (AvgIpc) is 2.62. The van der Waals surface area contributed by atoms with Gasteiger partial charge in [-0.2, -0.15) is 0 Å². The van der Waals surface area contributed by atoms with Crippen LogP contribution in [-0.2, 0) is 13.1 Å². The highest BCUT2D eigenvalue weighted by molar-refractivity contribution is 7.80. The number of hydrogen-bond acceptors (Lipinski definition) is 3. The van der Waals surface area contributed by atoms with Crippen molar-refractivity contribution in [2.75, 3.05) is 19.0 Å². The zero-order chi connectivity index (χ0) is 18.2. The van der Waals surface area contributed by atoms with Crippen LogP contribution in [0, 0.1) is 0 Å². The monoisotopic (exact) mass is 356 g/mol.